The number of aromatic nitrogens is 7. The molecule has 5 aromatic rings. The molecule has 1 aliphatic rings. The molecule has 1 fully saturated rings. The third-order valence-corrected chi connectivity index (χ3v) is 6.16. The van der Waals surface area contributed by atoms with Gasteiger partial charge in [-0.25, -0.2) is 14.2 Å². The van der Waals surface area contributed by atoms with Gasteiger partial charge in [0.1, 0.15) is 17.5 Å². The third kappa shape index (κ3) is 3.95. The van der Waals surface area contributed by atoms with Crippen molar-refractivity contribution in [2.45, 2.75) is 38.7 Å². The fourth-order valence-electron chi connectivity index (χ4n) is 4.11. The van der Waals surface area contributed by atoms with Crippen molar-refractivity contribution in [3.63, 3.8) is 0 Å². The summed E-state index contributed by atoms with van der Waals surface area (Å²) in [5, 5.41) is 37.3. The van der Waals surface area contributed by atoms with Gasteiger partial charge in [0.05, 0.1) is 41.1 Å². The van der Waals surface area contributed by atoms with Crippen molar-refractivity contribution >= 4 is 5.52 Å². The minimum absolute atomic E-state index is 0.387. The number of hydrogen-bond donors (Lipinski definition) is 1. The van der Waals surface area contributed by atoms with Crippen molar-refractivity contribution in [3.8, 4) is 34.8 Å². The van der Waals surface area contributed by atoms with E-state index in [0.29, 0.717) is 40.3 Å². The molecule has 0 bridgehead atoms. The molecule has 1 saturated carbocycles. The lowest BCUT2D eigenvalue weighted by Gasteiger charge is -2.13. The fraction of sp³-hybridized carbons (Fsp3) is 0.231. The molecule has 36 heavy (non-hydrogen) atoms. The van der Waals surface area contributed by atoms with Crippen LogP contribution >= 0.6 is 0 Å². The summed E-state index contributed by atoms with van der Waals surface area (Å²) >= 11 is 0. The first-order valence-corrected chi connectivity index (χ1v) is 11.7. The number of nitrogens with zero attached hydrogens (tertiary/aromatic N) is 8. The van der Waals surface area contributed by atoms with Crippen molar-refractivity contribution in [2.24, 2.45) is 0 Å². The normalized spacial score (nSPS) is 14.1. The van der Waals surface area contributed by atoms with Gasteiger partial charge >= 0.3 is 0 Å². The van der Waals surface area contributed by atoms with Crippen LogP contribution in [0, 0.1) is 18.3 Å². The number of nitriles is 1. The second kappa shape index (κ2) is 8.55. The first kappa shape index (κ1) is 21.9. The molecule has 178 valence electrons. The topological polar surface area (TPSA) is 127 Å². The predicted octanol–water partition coefficient (Wildman–Crippen LogP) is 4.28. The van der Waals surface area contributed by atoms with Crippen LogP contribution in [0.4, 0.5) is 0 Å². The number of hydrogen-bond acceptors (Lipinski definition) is 8. The van der Waals surface area contributed by atoms with Gasteiger partial charge in [-0.05, 0) is 57.0 Å². The van der Waals surface area contributed by atoms with Crippen LogP contribution in [0.1, 0.15) is 54.4 Å². The summed E-state index contributed by atoms with van der Waals surface area (Å²) in [5.41, 5.74) is 4.94. The highest BCUT2D eigenvalue weighted by Gasteiger charge is 2.28. The van der Waals surface area contributed by atoms with Crippen molar-refractivity contribution in [1.29, 1.82) is 5.26 Å². The quantitative estimate of drug-likeness (QED) is 0.383. The second-order valence-electron chi connectivity index (χ2n) is 8.91. The number of aryl methyl sites for hydroxylation is 1. The van der Waals surface area contributed by atoms with Gasteiger partial charge in [0.2, 0.25) is 5.88 Å². The average molecular weight is 479 g/mol. The largest absolute Gasteiger partial charge is 0.436 e. The van der Waals surface area contributed by atoms with Crippen molar-refractivity contribution in [1.82, 2.24) is 34.6 Å². The first-order valence-electron chi connectivity index (χ1n) is 11.7. The predicted molar refractivity (Wildman–Crippen MR) is 130 cm³/mol. The van der Waals surface area contributed by atoms with E-state index in [-0.39, 0.29) is 0 Å². The fourth-order valence-corrected chi connectivity index (χ4v) is 4.11. The van der Waals surface area contributed by atoms with Gasteiger partial charge in [0, 0.05) is 23.1 Å². The van der Waals surface area contributed by atoms with Gasteiger partial charge in [0.25, 0.3) is 0 Å². The molecule has 5 heterocycles. The summed E-state index contributed by atoms with van der Waals surface area (Å²) in [4.78, 5) is 4.84. The molecular weight excluding hydrogens is 456 g/mol. The van der Waals surface area contributed by atoms with Gasteiger partial charge < -0.3 is 9.84 Å². The highest BCUT2D eigenvalue weighted by Crippen LogP contribution is 2.40. The molecule has 10 heteroatoms. The Morgan fingerprint density at radius 3 is 2.72 bits per heavy atom. The smallest absolute Gasteiger partial charge is 0.238 e. The molecule has 1 N–H and O–H groups in total. The van der Waals surface area contributed by atoms with E-state index in [4.69, 9.17) is 9.72 Å². The van der Waals surface area contributed by atoms with Crippen LogP contribution in [0.5, 0.6) is 11.6 Å². The third-order valence-electron chi connectivity index (χ3n) is 6.16. The summed E-state index contributed by atoms with van der Waals surface area (Å²) in [6.07, 6.45) is 4.85. The Kier molecular flexibility index (Phi) is 5.20. The molecular formula is C26H22N8O2. The Morgan fingerprint density at radius 1 is 1.14 bits per heavy atom. The van der Waals surface area contributed by atoms with Gasteiger partial charge in [-0.3, -0.25) is 0 Å². The monoisotopic (exact) mass is 478 g/mol. The lowest BCUT2D eigenvalue weighted by atomic mass is 10.1. The van der Waals surface area contributed by atoms with Crippen LogP contribution in [0.3, 0.4) is 0 Å². The molecule has 1 aliphatic carbocycles. The minimum Gasteiger partial charge on any atom is -0.436 e. The highest BCUT2D eigenvalue weighted by atomic mass is 16.5. The van der Waals surface area contributed by atoms with E-state index in [1.807, 2.05) is 43.3 Å². The number of aliphatic hydroxyl groups excluding tert-OH is 1. The van der Waals surface area contributed by atoms with E-state index < -0.39 is 6.10 Å². The first-order chi connectivity index (χ1) is 17.5. The van der Waals surface area contributed by atoms with Gasteiger partial charge in [0.15, 0.2) is 5.82 Å². The number of fused-ring (bicyclic) bond motifs is 1. The summed E-state index contributed by atoms with van der Waals surface area (Å²) in [6.45, 7) is 3.54. The lowest BCUT2D eigenvalue weighted by Crippen LogP contribution is -2.09. The number of rotatable bonds is 6. The number of ether oxygens (including phenoxy) is 1. The van der Waals surface area contributed by atoms with Gasteiger partial charge in [-0.1, -0.05) is 6.07 Å². The van der Waals surface area contributed by atoms with E-state index in [1.54, 1.807) is 34.6 Å². The molecule has 1 unspecified atom stereocenters. The molecule has 5 aromatic heterocycles. The SMILES string of the molecule is Cc1ccc(Oc2ccc3c(-c4ccc(C(C)O)c(-n5nc(C6CC6)cc5C#N)n4)cnn3c2)nn1. The molecule has 6 rings (SSSR count). The number of pyridine rings is 2. The second-order valence-corrected chi connectivity index (χ2v) is 8.91. The zero-order chi connectivity index (χ0) is 24.8. The van der Waals surface area contributed by atoms with E-state index in [1.165, 1.54) is 0 Å². The Hall–Kier alpha value is -4.62. The Labute approximate surface area is 206 Å². The molecule has 0 aromatic carbocycles. The van der Waals surface area contributed by atoms with Crippen molar-refractivity contribution in [2.75, 3.05) is 0 Å². The molecule has 0 saturated heterocycles. The van der Waals surface area contributed by atoms with Crippen LogP contribution < -0.4 is 4.74 Å². The molecule has 0 amide bonds. The van der Waals surface area contributed by atoms with Crippen LogP contribution in [-0.2, 0) is 0 Å². The molecule has 0 spiro atoms. The summed E-state index contributed by atoms with van der Waals surface area (Å²) in [6, 6.07) is 15.0. The maximum Gasteiger partial charge on any atom is 0.238 e. The minimum atomic E-state index is -0.782. The summed E-state index contributed by atoms with van der Waals surface area (Å²) < 4.78 is 9.05. The highest BCUT2D eigenvalue weighted by molar-refractivity contribution is 5.78. The van der Waals surface area contributed by atoms with Crippen LogP contribution in [0.25, 0.3) is 22.6 Å². The summed E-state index contributed by atoms with van der Waals surface area (Å²) in [7, 11) is 0. The van der Waals surface area contributed by atoms with Crippen LogP contribution in [0.2, 0.25) is 0 Å². The van der Waals surface area contributed by atoms with Gasteiger partial charge in [-0.15, -0.1) is 5.10 Å². The van der Waals surface area contributed by atoms with E-state index in [9.17, 15) is 10.4 Å². The molecule has 10 nitrogen and oxygen atoms in total. The summed E-state index contributed by atoms with van der Waals surface area (Å²) in [5.74, 6) is 1.78. The standard InChI is InChI=1S/C26H22N8O2/c1-15-3-10-25(31-30-15)36-19-6-9-24-21(13-28-33(24)14-19)22-8-7-20(16(2)35)26(29-22)34-18(12-27)11-23(32-34)17-4-5-17/h3,6-11,13-14,16-17,35H,4-5H2,1-2H3. The van der Waals surface area contributed by atoms with E-state index in [0.717, 1.165) is 35.3 Å². The van der Waals surface area contributed by atoms with E-state index >= 15 is 0 Å². The van der Waals surface area contributed by atoms with E-state index in [2.05, 4.69) is 26.5 Å². The Morgan fingerprint density at radius 2 is 2.00 bits per heavy atom. The Bertz CT molecular complexity index is 1620. The lowest BCUT2D eigenvalue weighted by molar-refractivity contribution is 0.198. The maximum absolute atomic E-state index is 10.4. The molecule has 0 aliphatic heterocycles. The van der Waals surface area contributed by atoms with Crippen molar-refractivity contribution in [3.05, 3.63) is 77.5 Å². The Balaban J connectivity index is 1.39. The average Bonchev–Trinajstić information content (AvgIpc) is 3.51. The zero-order valence-electron chi connectivity index (χ0n) is 19.7. The molecule has 0 radical (unpaired) electrons. The zero-order valence-corrected chi connectivity index (χ0v) is 19.7. The maximum atomic E-state index is 10.4. The van der Waals surface area contributed by atoms with Crippen LogP contribution in [0.15, 0.2) is 54.9 Å². The van der Waals surface area contributed by atoms with Crippen LogP contribution in [-0.4, -0.2) is 39.7 Å². The van der Waals surface area contributed by atoms with Crippen molar-refractivity contribution < 1.29 is 9.84 Å². The van der Waals surface area contributed by atoms with Gasteiger partial charge in [-0.2, -0.15) is 20.6 Å². The number of aliphatic hydroxyl groups is 1. The molecule has 1 atom stereocenters.